The lowest BCUT2D eigenvalue weighted by molar-refractivity contribution is -0.0245. The van der Waals surface area contributed by atoms with E-state index in [1.54, 1.807) is 0 Å². The van der Waals surface area contributed by atoms with E-state index in [9.17, 15) is 10.5 Å². The Balaban J connectivity index is 2.03. The topological polar surface area (TPSA) is 47.6 Å². The predicted molar refractivity (Wildman–Crippen MR) is 96.6 cm³/mol. The lowest BCUT2D eigenvalue weighted by atomic mass is 9.46. The minimum Gasteiger partial charge on any atom is -0.198 e. The fourth-order valence-electron chi connectivity index (χ4n) is 6.02. The molecule has 0 bridgehead atoms. The maximum absolute atomic E-state index is 9.83. The van der Waals surface area contributed by atoms with Gasteiger partial charge in [-0.15, -0.1) is 0 Å². The highest BCUT2D eigenvalue weighted by atomic mass is 14.6. The van der Waals surface area contributed by atoms with Crippen molar-refractivity contribution in [2.45, 2.75) is 66.2 Å². The van der Waals surface area contributed by atoms with E-state index in [2.05, 4.69) is 52.0 Å². The first-order valence-corrected chi connectivity index (χ1v) is 9.55. The molecule has 5 atom stereocenters. The van der Waals surface area contributed by atoms with Crippen LogP contribution in [0.2, 0.25) is 0 Å². The van der Waals surface area contributed by atoms with Gasteiger partial charge in [0.1, 0.15) is 0 Å². The van der Waals surface area contributed by atoms with Gasteiger partial charge in [-0.05, 0) is 67.3 Å². The highest BCUT2D eigenvalue weighted by molar-refractivity contribution is 5.37. The number of rotatable bonds is 2. The van der Waals surface area contributed by atoms with E-state index in [0.29, 0.717) is 30.1 Å². The van der Waals surface area contributed by atoms with Crippen LogP contribution in [0.4, 0.5) is 0 Å². The largest absolute Gasteiger partial charge is 0.198 e. The molecule has 0 aromatic carbocycles. The van der Waals surface area contributed by atoms with Gasteiger partial charge in [-0.2, -0.15) is 10.5 Å². The van der Waals surface area contributed by atoms with Crippen molar-refractivity contribution in [2.75, 3.05) is 0 Å². The molecule has 0 saturated heterocycles. The van der Waals surface area contributed by atoms with Crippen LogP contribution in [0.1, 0.15) is 66.2 Å². The van der Waals surface area contributed by atoms with Gasteiger partial charge in [0.15, 0.2) is 0 Å². The molecule has 1 saturated carbocycles. The number of hydrogen-bond acceptors (Lipinski definition) is 2. The zero-order chi connectivity index (χ0) is 17.5. The Bertz CT molecular complexity index is 656. The van der Waals surface area contributed by atoms with Gasteiger partial charge in [0, 0.05) is 6.42 Å². The molecule has 3 rings (SSSR count). The van der Waals surface area contributed by atoms with Crippen molar-refractivity contribution in [3.8, 4) is 12.1 Å². The lowest BCUT2D eigenvalue weighted by Gasteiger charge is -2.57. The second kappa shape index (κ2) is 6.07. The molecular weight excluding hydrogens is 292 g/mol. The third-order valence-electron chi connectivity index (χ3n) is 7.35. The molecule has 0 aromatic rings. The Labute approximate surface area is 147 Å². The predicted octanol–water partition coefficient (Wildman–Crippen LogP) is 5.78. The molecule has 1 fully saturated rings. The minimum atomic E-state index is -0.193. The molecule has 24 heavy (non-hydrogen) atoms. The van der Waals surface area contributed by atoms with Gasteiger partial charge in [-0.3, -0.25) is 0 Å². The van der Waals surface area contributed by atoms with Crippen molar-refractivity contribution in [1.82, 2.24) is 0 Å². The summed E-state index contributed by atoms with van der Waals surface area (Å²) in [5, 5.41) is 19.1. The maximum Gasteiger partial charge on any atom is 0.0690 e. The Hall–Kier alpha value is -1.54. The first-order chi connectivity index (χ1) is 11.4. The quantitative estimate of drug-likeness (QED) is 0.646. The summed E-state index contributed by atoms with van der Waals surface area (Å²) in [5.74, 6) is 1.87. The molecule has 0 N–H and O–H groups in total. The van der Waals surface area contributed by atoms with Crippen molar-refractivity contribution in [3.63, 3.8) is 0 Å². The fraction of sp³-hybridized carbons (Fsp3) is 0.727. The smallest absolute Gasteiger partial charge is 0.0690 e. The normalized spacial score (nSPS) is 41.4. The summed E-state index contributed by atoms with van der Waals surface area (Å²) < 4.78 is 0. The van der Waals surface area contributed by atoms with Crippen LogP contribution in [0.25, 0.3) is 0 Å². The Morgan fingerprint density at radius 1 is 1.25 bits per heavy atom. The number of hydrogen-bond donors (Lipinski definition) is 0. The summed E-state index contributed by atoms with van der Waals surface area (Å²) >= 11 is 0. The van der Waals surface area contributed by atoms with Gasteiger partial charge < -0.3 is 0 Å². The van der Waals surface area contributed by atoms with Crippen LogP contribution in [0.15, 0.2) is 23.3 Å². The number of nitriles is 2. The van der Waals surface area contributed by atoms with Crippen LogP contribution in [-0.4, -0.2) is 0 Å². The van der Waals surface area contributed by atoms with Crippen molar-refractivity contribution in [3.05, 3.63) is 23.3 Å². The third kappa shape index (κ3) is 2.52. The number of allylic oxidation sites excluding steroid dienone is 4. The van der Waals surface area contributed by atoms with E-state index in [1.807, 2.05) is 0 Å². The third-order valence-corrected chi connectivity index (χ3v) is 7.35. The molecule has 0 aromatic heterocycles. The molecule has 0 unspecified atom stereocenters. The molecule has 2 nitrogen and oxygen atoms in total. The van der Waals surface area contributed by atoms with E-state index in [1.165, 1.54) is 17.6 Å². The van der Waals surface area contributed by atoms with Crippen LogP contribution < -0.4 is 0 Å². The van der Waals surface area contributed by atoms with Crippen molar-refractivity contribution in [1.29, 1.82) is 10.5 Å². The first kappa shape index (κ1) is 17.3. The van der Waals surface area contributed by atoms with Crippen LogP contribution in [-0.2, 0) is 0 Å². The van der Waals surface area contributed by atoms with Crippen molar-refractivity contribution < 1.29 is 0 Å². The van der Waals surface area contributed by atoms with Gasteiger partial charge in [-0.1, -0.05) is 44.9 Å². The van der Waals surface area contributed by atoms with E-state index < -0.39 is 0 Å². The Kier molecular flexibility index (Phi) is 4.37. The summed E-state index contributed by atoms with van der Waals surface area (Å²) in [6.07, 6.45) is 11.0. The monoisotopic (exact) mass is 322 g/mol. The van der Waals surface area contributed by atoms with Gasteiger partial charge in [0.05, 0.1) is 17.6 Å². The number of fused-ring (bicyclic) bond motifs is 3. The first-order valence-electron chi connectivity index (χ1n) is 9.55. The highest BCUT2D eigenvalue weighted by Gasteiger charge is 2.55. The molecule has 3 aliphatic rings. The fourth-order valence-corrected chi connectivity index (χ4v) is 6.02. The molecule has 0 aliphatic heterocycles. The maximum atomic E-state index is 9.83. The Morgan fingerprint density at radius 3 is 2.62 bits per heavy atom. The minimum absolute atomic E-state index is 0.193. The van der Waals surface area contributed by atoms with E-state index >= 15 is 0 Å². The van der Waals surface area contributed by atoms with Crippen LogP contribution in [0.3, 0.4) is 0 Å². The summed E-state index contributed by atoms with van der Waals surface area (Å²) in [7, 11) is 0. The van der Waals surface area contributed by atoms with Gasteiger partial charge in [-0.25, -0.2) is 0 Å². The summed E-state index contributed by atoms with van der Waals surface area (Å²) in [5.41, 5.74) is 2.97. The van der Waals surface area contributed by atoms with Gasteiger partial charge >= 0.3 is 0 Å². The SMILES string of the molecule is CC(C)C1=CC2=CC[C@H]3[C@](C)(CCC[C@]3(C)C#N)[C@@H]2C[C@@H]1CC#N. The van der Waals surface area contributed by atoms with E-state index in [4.69, 9.17) is 0 Å². The van der Waals surface area contributed by atoms with E-state index in [-0.39, 0.29) is 10.8 Å². The molecular formula is C22H30N2. The van der Waals surface area contributed by atoms with Crippen LogP contribution in [0, 0.1) is 57.2 Å². The summed E-state index contributed by atoms with van der Waals surface area (Å²) in [4.78, 5) is 0. The van der Waals surface area contributed by atoms with Crippen LogP contribution in [0.5, 0.6) is 0 Å². The van der Waals surface area contributed by atoms with E-state index in [0.717, 1.165) is 25.7 Å². The Morgan fingerprint density at radius 2 is 2.00 bits per heavy atom. The van der Waals surface area contributed by atoms with Crippen molar-refractivity contribution in [2.24, 2.45) is 34.5 Å². The second-order valence-electron chi connectivity index (χ2n) is 9.03. The lowest BCUT2D eigenvalue weighted by Crippen LogP contribution is -2.50. The molecule has 3 aliphatic carbocycles. The average molecular weight is 322 g/mol. The molecule has 128 valence electrons. The zero-order valence-electron chi connectivity index (χ0n) is 15.6. The second-order valence-corrected chi connectivity index (χ2v) is 9.03. The molecule has 0 amide bonds. The molecule has 0 heterocycles. The standard InChI is InChI=1S/C22H30N2/c1-15(2)18-12-17-6-7-20-21(3,14-24)9-5-10-22(20,4)19(17)13-16(18)8-11-23/h6,12,15-16,19-20H,5,7-10,13H2,1-4H3/t16-,19+,20+,21+,22+/m0/s1. The highest BCUT2D eigenvalue weighted by Crippen LogP contribution is 2.62. The summed E-state index contributed by atoms with van der Waals surface area (Å²) in [6.45, 7) is 9.11. The zero-order valence-corrected chi connectivity index (χ0v) is 15.6. The molecule has 0 spiro atoms. The molecule has 0 radical (unpaired) electrons. The number of nitrogens with zero attached hydrogens (tertiary/aromatic N) is 2. The average Bonchev–Trinajstić information content (AvgIpc) is 2.54. The van der Waals surface area contributed by atoms with Crippen molar-refractivity contribution >= 4 is 0 Å². The van der Waals surface area contributed by atoms with Gasteiger partial charge in [0.25, 0.3) is 0 Å². The molecule has 2 heteroatoms. The van der Waals surface area contributed by atoms with Crippen LogP contribution >= 0.6 is 0 Å². The summed E-state index contributed by atoms with van der Waals surface area (Å²) in [6, 6.07) is 5.08. The van der Waals surface area contributed by atoms with Gasteiger partial charge in [0.2, 0.25) is 0 Å².